The molecule has 2 N–H and O–H groups in total. The molecule has 60 heavy (non-hydrogen) atoms. The van der Waals surface area contributed by atoms with Crippen molar-refractivity contribution < 1.29 is 52.0 Å². The van der Waals surface area contributed by atoms with Crippen LogP contribution >= 0.6 is 7.82 Å². The number of aliphatic hydroxyl groups is 1. The Bertz CT molecular complexity index is 1490. The van der Waals surface area contributed by atoms with Crippen molar-refractivity contribution in [3.63, 3.8) is 0 Å². The summed E-state index contributed by atoms with van der Waals surface area (Å²) in [5, 5.41) is 10.2. The monoisotopic (exact) mass is 859 g/mol. The highest BCUT2D eigenvalue weighted by Gasteiger charge is 2.28. The molecule has 0 aliphatic heterocycles. The van der Waals surface area contributed by atoms with Gasteiger partial charge in [0.15, 0.2) is 11.9 Å². The van der Waals surface area contributed by atoms with Gasteiger partial charge in [0.2, 0.25) is 0 Å². The number of ketones is 1. The number of esters is 2. The van der Waals surface area contributed by atoms with E-state index in [1.807, 2.05) is 51.5 Å². The first-order chi connectivity index (χ1) is 28.8. The van der Waals surface area contributed by atoms with Crippen LogP contribution in [-0.2, 0) is 37.5 Å². The van der Waals surface area contributed by atoms with Crippen molar-refractivity contribution in [1.82, 2.24) is 0 Å². The fourth-order valence-corrected chi connectivity index (χ4v) is 6.54. The maximum Gasteiger partial charge on any atom is 0.472 e. The van der Waals surface area contributed by atoms with Crippen LogP contribution in [0.4, 0.5) is 0 Å². The first kappa shape index (κ1) is 54.6. The summed E-state index contributed by atoms with van der Waals surface area (Å²) in [5.41, 5.74) is 0. The lowest BCUT2D eigenvalue weighted by Crippen LogP contribution is -2.37. The molecular formula is C48H77NO10P+. The Morgan fingerprint density at radius 2 is 1.37 bits per heavy atom. The van der Waals surface area contributed by atoms with E-state index < -0.39 is 38.6 Å². The molecule has 1 aliphatic carbocycles. The number of nitrogens with zero attached hydrogens (tertiary/aromatic N) is 1. The molecule has 1 rings (SSSR count). The van der Waals surface area contributed by atoms with Crippen molar-refractivity contribution in [3.8, 4) is 0 Å². The van der Waals surface area contributed by atoms with E-state index in [9.17, 15) is 28.9 Å². The van der Waals surface area contributed by atoms with Crippen LogP contribution in [0.5, 0.6) is 0 Å². The molecule has 0 fully saturated rings. The minimum absolute atomic E-state index is 0.0124. The van der Waals surface area contributed by atoms with Crippen molar-refractivity contribution in [2.24, 2.45) is 11.8 Å². The van der Waals surface area contributed by atoms with Crippen molar-refractivity contribution in [1.29, 1.82) is 0 Å². The maximum absolute atomic E-state index is 12.8. The summed E-state index contributed by atoms with van der Waals surface area (Å²) in [4.78, 5) is 47.9. The van der Waals surface area contributed by atoms with Gasteiger partial charge in [0, 0.05) is 18.8 Å². The lowest BCUT2D eigenvalue weighted by molar-refractivity contribution is -0.870. The first-order valence-corrected chi connectivity index (χ1v) is 23.5. The quantitative estimate of drug-likeness (QED) is 0.0208. The maximum atomic E-state index is 12.8. The lowest BCUT2D eigenvalue weighted by atomic mass is 9.90. The summed E-state index contributed by atoms with van der Waals surface area (Å²) in [5.74, 6) is -1.28. The third kappa shape index (κ3) is 31.4. The average molecular weight is 859 g/mol. The summed E-state index contributed by atoms with van der Waals surface area (Å²) in [6, 6.07) is 0. The van der Waals surface area contributed by atoms with Gasteiger partial charge >= 0.3 is 19.8 Å². The molecule has 0 bridgehead atoms. The Morgan fingerprint density at radius 1 is 0.783 bits per heavy atom. The second kappa shape index (κ2) is 34.2. The molecule has 1 aliphatic rings. The molecule has 338 valence electrons. The molecular weight excluding hydrogens is 781 g/mol. The van der Waals surface area contributed by atoms with E-state index in [0.717, 1.165) is 51.4 Å². The van der Waals surface area contributed by atoms with Gasteiger partial charge in [0.25, 0.3) is 0 Å². The minimum atomic E-state index is -4.45. The van der Waals surface area contributed by atoms with E-state index >= 15 is 0 Å². The molecule has 5 atom stereocenters. The summed E-state index contributed by atoms with van der Waals surface area (Å²) >= 11 is 0. The van der Waals surface area contributed by atoms with Crippen molar-refractivity contribution in [2.45, 2.75) is 129 Å². The number of hydrogen-bond donors (Lipinski definition) is 2. The normalized spacial score (nSPS) is 18.4. The van der Waals surface area contributed by atoms with E-state index in [2.05, 4.69) is 68.5 Å². The number of rotatable bonds is 35. The van der Waals surface area contributed by atoms with E-state index in [-0.39, 0.29) is 43.7 Å². The van der Waals surface area contributed by atoms with Crippen LogP contribution < -0.4 is 0 Å². The average Bonchev–Trinajstić information content (AvgIpc) is 3.55. The Hall–Kier alpha value is -3.44. The molecule has 0 aromatic rings. The zero-order valence-corrected chi connectivity index (χ0v) is 38.1. The van der Waals surface area contributed by atoms with Gasteiger partial charge in [-0.3, -0.25) is 23.4 Å². The summed E-state index contributed by atoms with van der Waals surface area (Å²) in [7, 11) is 1.30. The third-order valence-electron chi connectivity index (χ3n) is 9.35. The smallest absolute Gasteiger partial charge is 0.462 e. The van der Waals surface area contributed by atoms with Gasteiger partial charge in [-0.15, -0.1) is 0 Å². The molecule has 1 unspecified atom stereocenters. The molecule has 0 aromatic carbocycles. The SMILES string of the molecule is CC/C=C\C/C=C\C/C=C\C/C=C\C/C=C\CCCC(=O)OC[C@H](COP(=O)(O)OCC[N+](C)(C)C)OC(=O)CCC/C=C\C[C@H]1C=CC(=O)[C@@H]1/C=C/[C@@H](O)CCCCC. The van der Waals surface area contributed by atoms with Crippen LogP contribution in [0.3, 0.4) is 0 Å². The number of ether oxygens (including phenoxy) is 2. The number of phosphoric acid groups is 1. The van der Waals surface area contributed by atoms with Crippen LogP contribution in [0, 0.1) is 11.8 Å². The van der Waals surface area contributed by atoms with E-state index in [1.165, 1.54) is 0 Å². The Labute approximate surface area is 361 Å². The topological polar surface area (TPSA) is 146 Å². The molecule has 0 heterocycles. The standard InChI is InChI=1S/C48H76NO10P/c1-6-8-10-11-12-13-14-15-16-17-18-19-20-21-22-23-28-32-47(52)56-40-44(41-58-60(54,55)57-39-38-49(3,4)5)59-48(53)33-29-25-24-27-30-42-34-37-46(51)45(42)36-35-43(50)31-26-9-7-2/h8,10,12-13,15-16,18-19,21-22,24,27,34-37,42-45,50H,6-7,9,11,14,17,20,23,25-26,28-33,38-41H2,1-5H3/p+1/b10-8-,13-12-,16-15-,19-18-,22-21-,27-24-,36-35+/t42-,43-,44+,45+/m0/s1. The fourth-order valence-electron chi connectivity index (χ4n) is 5.80. The largest absolute Gasteiger partial charge is 0.472 e. The number of carbonyl (C=O) groups is 3. The molecule has 0 aromatic heterocycles. The molecule has 0 spiro atoms. The Kier molecular flexibility index (Phi) is 31.1. The molecule has 0 radical (unpaired) electrons. The predicted octanol–water partition coefficient (Wildman–Crippen LogP) is 10.2. The Morgan fingerprint density at radius 3 is 1.97 bits per heavy atom. The number of unbranched alkanes of at least 4 members (excludes halogenated alkanes) is 4. The third-order valence-corrected chi connectivity index (χ3v) is 10.3. The zero-order valence-electron chi connectivity index (χ0n) is 37.2. The van der Waals surface area contributed by atoms with Crippen molar-refractivity contribution in [3.05, 3.63) is 97.2 Å². The van der Waals surface area contributed by atoms with Gasteiger partial charge in [-0.2, -0.15) is 0 Å². The summed E-state index contributed by atoms with van der Waals surface area (Å²) < 4.78 is 34.2. The summed E-state index contributed by atoms with van der Waals surface area (Å²) in [6.45, 7) is 3.87. The van der Waals surface area contributed by atoms with Gasteiger partial charge in [-0.05, 0) is 82.6 Å². The number of likely N-dealkylation sites (N-methyl/N-ethyl adjacent to an activating group) is 1. The number of allylic oxidation sites excluding steroid dienone is 15. The highest BCUT2D eigenvalue weighted by molar-refractivity contribution is 7.47. The van der Waals surface area contributed by atoms with Crippen LogP contribution in [0.1, 0.15) is 117 Å². The van der Waals surface area contributed by atoms with Crippen molar-refractivity contribution in [2.75, 3.05) is 47.5 Å². The number of carbonyl (C=O) groups excluding carboxylic acids is 3. The lowest BCUT2D eigenvalue weighted by Gasteiger charge is -2.24. The van der Waals surface area contributed by atoms with Gasteiger partial charge in [-0.25, -0.2) is 4.57 Å². The van der Waals surface area contributed by atoms with Crippen LogP contribution in [0.2, 0.25) is 0 Å². The van der Waals surface area contributed by atoms with E-state index in [0.29, 0.717) is 49.6 Å². The second-order valence-corrected chi connectivity index (χ2v) is 17.5. The van der Waals surface area contributed by atoms with Gasteiger partial charge in [0.1, 0.15) is 19.8 Å². The van der Waals surface area contributed by atoms with Crippen LogP contribution in [0.25, 0.3) is 0 Å². The molecule has 0 amide bonds. The highest BCUT2D eigenvalue weighted by Crippen LogP contribution is 2.43. The zero-order chi connectivity index (χ0) is 44.3. The molecule has 12 heteroatoms. The predicted molar refractivity (Wildman–Crippen MR) is 242 cm³/mol. The van der Waals surface area contributed by atoms with Crippen LogP contribution in [-0.4, -0.2) is 91.9 Å². The molecule has 0 saturated heterocycles. The highest BCUT2D eigenvalue weighted by atomic mass is 31.2. The van der Waals surface area contributed by atoms with Gasteiger partial charge in [-0.1, -0.05) is 124 Å². The fraction of sp³-hybridized carbons (Fsp3) is 0.604. The number of phosphoric ester groups is 1. The number of hydrogen-bond acceptors (Lipinski definition) is 9. The number of aliphatic hydroxyl groups excluding tert-OH is 1. The molecule has 11 nitrogen and oxygen atoms in total. The van der Waals surface area contributed by atoms with E-state index in [1.54, 1.807) is 12.2 Å². The van der Waals surface area contributed by atoms with Gasteiger partial charge in [0.05, 0.1) is 33.9 Å². The Balaban J connectivity index is 2.52. The van der Waals surface area contributed by atoms with E-state index in [4.69, 9.17) is 18.5 Å². The molecule has 0 saturated carbocycles. The number of quaternary nitrogens is 1. The van der Waals surface area contributed by atoms with Gasteiger partial charge < -0.3 is 24.0 Å². The minimum Gasteiger partial charge on any atom is -0.462 e. The summed E-state index contributed by atoms with van der Waals surface area (Å²) in [6.07, 6.45) is 42.4. The first-order valence-electron chi connectivity index (χ1n) is 22.0. The second-order valence-electron chi connectivity index (χ2n) is 16.0. The van der Waals surface area contributed by atoms with Crippen molar-refractivity contribution >= 4 is 25.5 Å². The van der Waals surface area contributed by atoms with Crippen LogP contribution in [0.15, 0.2) is 97.2 Å².